The average Bonchev–Trinajstić information content (AvgIpc) is 3.02. The molecule has 4 rings (SSSR count). The third-order valence-electron chi connectivity index (χ3n) is 4.66. The Morgan fingerprint density at radius 1 is 1.30 bits per heavy atom. The van der Waals surface area contributed by atoms with Crippen LogP contribution in [0.1, 0.15) is 32.3 Å². The standard InChI is InChI=1S/C17H19N5O/c1-10-5-4-6-11-13-15(20-14(10)11)18-9-19-16(13)21-22-12(23)7-8-17(22,2)3/h4-6,9H,7-8H2,1-3H3,(H2,18,19,20,21). The number of aryl methyl sites for hydroxylation is 1. The van der Waals surface area contributed by atoms with Gasteiger partial charge in [-0.1, -0.05) is 18.2 Å². The maximum atomic E-state index is 12.2. The van der Waals surface area contributed by atoms with Crippen molar-refractivity contribution in [1.82, 2.24) is 20.0 Å². The fourth-order valence-electron chi connectivity index (χ4n) is 3.27. The van der Waals surface area contributed by atoms with Gasteiger partial charge in [0.15, 0.2) is 5.82 Å². The molecule has 6 nitrogen and oxygen atoms in total. The number of carbonyl (C=O) groups excluding carboxylic acids is 1. The minimum atomic E-state index is -0.226. The van der Waals surface area contributed by atoms with Crippen LogP contribution in [0.2, 0.25) is 0 Å². The first-order chi connectivity index (χ1) is 11.0. The van der Waals surface area contributed by atoms with Gasteiger partial charge in [0.2, 0.25) is 5.91 Å². The number of nitrogens with zero attached hydrogens (tertiary/aromatic N) is 3. The number of hydrogen-bond acceptors (Lipinski definition) is 4. The van der Waals surface area contributed by atoms with Gasteiger partial charge in [-0.05, 0) is 32.8 Å². The molecule has 6 heteroatoms. The van der Waals surface area contributed by atoms with Crippen molar-refractivity contribution < 1.29 is 4.79 Å². The molecule has 2 aromatic heterocycles. The predicted octanol–water partition coefficient (Wildman–Crippen LogP) is 3.15. The van der Waals surface area contributed by atoms with Crippen LogP contribution < -0.4 is 5.43 Å². The minimum Gasteiger partial charge on any atom is -0.339 e. The maximum Gasteiger partial charge on any atom is 0.241 e. The summed E-state index contributed by atoms with van der Waals surface area (Å²) in [4.78, 5) is 24.3. The summed E-state index contributed by atoms with van der Waals surface area (Å²) in [7, 11) is 0. The highest BCUT2D eigenvalue weighted by molar-refractivity contribution is 6.11. The second-order valence-corrected chi connectivity index (χ2v) is 6.72. The number of fused-ring (bicyclic) bond motifs is 3. The minimum absolute atomic E-state index is 0.0952. The van der Waals surface area contributed by atoms with Crippen molar-refractivity contribution in [2.24, 2.45) is 0 Å². The lowest BCUT2D eigenvalue weighted by molar-refractivity contribution is -0.129. The zero-order valence-electron chi connectivity index (χ0n) is 13.5. The number of nitrogens with one attached hydrogen (secondary N) is 2. The molecule has 2 N–H and O–H groups in total. The number of carbonyl (C=O) groups is 1. The van der Waals surface area contributed by atoms with E-state index in [1.165, 1.54) is 6.33 Å². The molecule has 1 saturated heterocycles. The van der Waals surface area contributed by atoms with Crippen LogP contribution in [0.25, 0.3) is 21.9 Å². The van der Waals surface area contributed by atoms with Crippen molar-refractivity contribution in [3.63, 3.8) is 0 Å². The molecule has 0 spiro atoms. The van der Waals surface area contributed by atoms with E-state index in [1.54, 1.807) is 5.01 Å². The van der Waals surface area contributed by atoms with Gasteiger partial charge in [-0.2, -0.15) is 0 Å². The van der Waals surface area contributed by atoms with E-state index in [0.29, 0.717) is 12.2 Å². The number of benzene rings is 1. The average molecular weight is 309 g/mol. The summed E-state index contributed by atoms with van der Waals surface area (Å²) in [6, 6.07) is 6.13. The van der Waals surface area contributed by atoms with Crippen LogP contribution in [-0.4, -0.2) is 31.4 Å². The zero-order valence-corrected chi connectivity index (χ0v) is 13.5. The summed E-state index contributed by atoms with van der Waals surface area (Å²) >= 11 is 0. The van der Waals surface area contributed by atoms with Crippen molar-refractivity contribution in [3.05, 3.63) is 30.1 Å². The van der Waals surface area contributed by atoms with E-state index in [9.17, 15) is 4.79 Å². The lowest BCUT2D eigenvalue weighted by atomic mass is 10.0. The van der Waals surface area contributed by atoms with Gasteiger partial charge >= 0.3 is 0 Å². The van der Waals surface area contributed by atoms with E-state index in [0.717, 1.165) is 33.9 Å². The van der Waals surface area contributed by atoms with E-state index in [4.69, 9.17) is 0 Å². The van der Waals surface area contributed by atoms with Crippen LogP contribution in [0.3, 0.4) is 0 Å². The molecule has 0 unspecified atom stereocenters. The van der Waals surface area contributed by atoms with Gasteiger partial charge in [-0.15, -0.1) is 0 Å². The number of aromatic amines is 1. The van der Waals surface area contributed by atoms with Gasteiger partial charge in [-0.25, -0.2) is 15.0 Å². The highest BCUT2D eigenvalue weighted by Crippen LogP contribution is 2.34. The van der Waals surface area contributed by atoms with Crippen LogP contribution in [-0.2, 0) is 4.79 Å². The quantitative estimate of drug-likeness (QED) is 0.762. The molecule has 118 valence electrons. The largest absolute Gasteiger partial charge is 0.339 e. The number of rotatable bonds is 2. The molecule has 1 aliphatic rings. The Kier molecular flexibility index (Phi) is 2.85. The van der Waals surface area contributed by atoms with Gasteiger partial charge < -0.3 is 4.98 Å². The molecule has 0 radical (unpaired) electrons. The molecular formula is C17H19N5O. The highest BCUT2D eigenvalue weighted by Gasteiger charge is 2.38. The number of hydrazine groups is 1. The fourth-order valence-corrected chi connectivity index (χ4v) is 3.27. The smallest absolute Gasteiger partial charge is 0.241 e. The Hall–Kier alpha value is -2.63. The number of hydrogen-bond donors (Lipinski definition) is 2. The molecule has 1 fully saturated rings. The normalized spacial score (nSPS) is 17.3. The predicted molar refractivity (Wildman–Crippen MR) is 89.9 cm³/mol. The van der Waals surface area contributed by atoms with E-state index < -0.39 is 0 Å². The van der Waals surface area contributed by atoms with Gasteiger partial charge in [0, 0.05) is 11.8 Å². The molecule has 0 bridgehead atoms. The molecule has 3 heterocycles. The Balaban J connectivity index is 1.89. The van der Waals surface area contributed by atoms with Crippen LogP contribution >= 0.6 is 0 Å². The second kappa shape index (κ2) is 4.68. The summed E-state index contributed by atoms with van der Waals surface area (Å²) in [6.07, 6.45) is 2.91. The second-order valence-electron chi connectivity index (χ2n) is 6.72. The summed E-state index contributed by atoms with van der Waals surface area (Å²) < 4.78 is 0. The van der Waals surface area contributed by atoms with Crippen LogP contribution in [0.5, 0.6) is 0 Å². The topological polar surface area (TPSA) is 73.9 Å². The number of amides is 1. The summed E-state index contributed by atoms with van der Waals surface area (Å²) in [6.45, 7) is 6.18. The number of para-hydroxylation sites is 1. The first kappa shape index (κ1) is 14.0. The first-order valence-corrected chi connectivity index (χ1v) is 7.79. The van der Waals surface area contributed by atoms with E-state index in [1.807, 2.05) is 12.1 Å². The van der Waals surface area contributed by atoms with Crippen molar-refractivity contribution in [2.45, 2.75) is 39.2 Å². The third kappa shape index (κ3) is 2.05. The molecule has 1 amide bonds. The number of anilines is 1. The molecule has 3 aromatic rings. The summed E-state index contributed by atoms with van der Waals surface area (Å²) in [5.41, 5.74) is 5.99. The van der Waals surface area contributed by atoms with Crippen LogP contribution in [0, 0.1) is 6.92 Å². The van der Waals surface area contributed by atoms with Crippen LogP contribution in [0.4, 0.5) is 5.82 Å². The highest BCUT2D eigenvalue weighted by atomic mass is 16.2. The van der Waals surface area contributed by atoms with Crippen molar-refractivity contribution >= 4 is 33.7 Å². The lowest BCUT2D eigenvalue weighted by Crippen LogP contribution is -2.45. The first-order valence-electron chi connectivity index (χ1n) is 7.79. The Bertz CT molecular complexity index is 927. The molecule has 23 heavy (non-hydrogen) atoms. The third-order valence-corrected chi connectivity index (χ3v) is 4.66. The summed E-state index contributed by atoms with van der Waals surface area (Å²) in [5.74, 6) is 0.757. The number of H-pyrrole nitrogens is 1. The number of aromatic nitrogens is 3. The van der Waals surface area contributed by atoms with E-state index >= 15 is 0 Å². The summed E-state index contributed by atoms with van der Waals surface area (Å²) in [5, 5.41) is 3.68. The maximum absolute atomic E-state index is 12.2. The van der Waals surface area contributed by atoms with Crippen molar-refractivity contribution in [1.29, 1.82) is 0 Å². The van der Waals surface area contributed by atoms with Crippen molar-refractivity contribution in [3.8, 4) is 0 Å². The van der Waals surface area contributed by atoms with Crippen molar-refractivity contribution in [2.75, 3.05) is 5.43 Å². The molecule has 1 aromatic carbocycles. The molecule has 0 saturated carbocycles. The Morgan fingerprint density at radius 2 is 2.13 bits per heavy atom. The van der Waals surface area contributed by atoms with Gasteiger partial charge in [-0.3, -0.25) is 10.2 Å². The van der Waals surface area contributed by atoms with Gasteiger partial charge in [0.25, 0.3) is 0 Å². The zero-order chi connectivity index (χ0) is 16.2. The van der Waals surface area contributed by atoms with Gasteiger partial charge in [0.05, 0.1) is 16.4 Å². The molecule has 0 atom stereocenters. The van der Waals surface area contributed by atoms with Crippen LogP contribution in [0.15, 0.2) is 24.5 Å². The fraction of sp³-hybridized carbons (Fsp3) is 0.353. The SMILES string of the molecule is Cc1cccc2c1[nH]c1ncnc(NN3C(=O)CCC3(C)C)c12. The van der Waals surface area contributed by atoms with E-state index in [-0.39, 0.29) is 11.4 Å². The Labute approximate surface area is 133 Å². The molecule has 1 aliphatic heterocycles. The van der Waals surface area contributed by atoms with E-state index in [2.05, 4.69) is 47.2 Å². The molecule has 0 aliphatic carbocycles. The van der Waals surface area contributed by atoms with Gasteiger partial charge in [0.1, 0.15) is 12.0 Å². The Morgan fingerprint density at radius 3 is 2.87 bits per heavy atom. The monoisotopic (exact) mass is 309 g/mol. The molecular weight excluding hydrogens is 290 g/mol. The lowest BCUT2D eigenvalue weighted by Gasteiger charge is -2.32.